The molecule has 0 bridgehead atoms. The summed E-state index contributed by atoms with van der Waals surface area (Å²) >= 11 is 0. The van der Waals surface area contributed by atoms with E-state index in [0.29, 0.717) is 24.7 Å². The van der Waals surface area contributed by atoms with Crippen LogP contribution in [-0.2, 0) is 4.74 Å². The second-order valence-electron chi connectivity index (χ2n) is 6.54. The average Bonchev–Trinajstić information content (AvgIpc) is 2.58. The quantitative estimate of drug-likeness (QED) is 0.832. The predicted octanol–water partition coefficient (Wildman–Crippen LogP) is 1.30. The Balaban J connectivity index is 1.42. The summed E-state index contributed by atoms with van der Waals surface area (Å²) in [4.78, 5) is 22.7. The smallest absolute Gasteiger partial charge is 0.410 e. The minimum absolute atomic E-state index is 0.0851. The van der Waals surface area contributed by atoms with Crippen molar-refractivity contribution in [3.8, 4) is 6.07 Å². The third-order valence-corrected chi connectivity index (χ3v) is 4.62. The van der Waals surface area contributed by atoms with Gasteiger partial charge in [-0.1, -0.05) is 0 Å². The van der Waals surface area contributed by atoms with Crippen LogP contribution in [0.1, 0.15) is 19.4 Å². The molecular weight excluding hydrogens is 306 g/mol. The molecule has 1 aromatic heterocycles. The Kier molecular flexibility index (Phi) is 4.86. The number of carbonyl (C=O) groups excluding carboxylic acids is 1. The molecule has 0 aliphatic carbocycles. The van der Waals surface area contributed by atoms with E-state index in [1.807, 2.05) is 11.0 Å². The van der Waals surface area contributed by atoms with Gasteiger partial charge in [-0.2, -0.15) is 5.26 Å². The van der Waals surface area contributed by atoms with Gasteiger partial charge in [0.1, 0.15) is 18.0 Å². The molecule has 1 aromatic rings. The lowest BCUT2D eigenvalue weighted by Gasteiger charge is -2.41. The van der Waals surface area contributed by atoms with E-state index in [0.717, 1.165) is 32.0 Å². The molecule has 3 heterocycles. The summed E-state index contributed by atoms with van der Waals surface area (Å²) in [6.45, 7) is 8.90. The van der Waals surface area contributed by atoms with Crippen LogP contribution < -0.4 is 4.90 Å². The van der Waals surface area contributed by atoms with Crippen molar-refractivity contribution in [2.45, 2.75) is 26.0 Å². The highest BCUT2D eigenvalue weighted by Crippen LogP contribution is 2.21. The van der Waals surface area contributed by atoms with Crippen LogP contribution in [0.25, 0.3) is 0 Å². The molecule has 0 atom stereocenters. The molecule has 0 spiro atoms. The highest BCUT2D eigenvalue weighted by atomic mass is 16.6. The summed E-state index contributed by atoms with van der Waals surface area (Å²) < 4.78 is 5.56. The molecule has 0 radical (unpaired) electrons. The zero-order chi connectivity index (χ0) is 17.1. The van der Waals surface area contributed by atoms with Gasteiger partial charge < -0.3 is 14.5 Å². The lowest BCUT2D eigenvalue weighted by molar-refractivity contribution is 0.0322. The van der Waals surface area contributed by atoms with Gasteiger partial charge in [-0.05, 0) is 26.0 Å². The van der Waals surface area contributed by atoms with Crippen molar-refractivity contribution in [3.63, 3.8) is 0 Å². The van der Waals surface area contributed by atoms with Crippen molar-refractivity contribution in [2.24, 2.45) is 0 Å². The molecule has 1 amide bonds. The van der Waals surface area contributed by atoms with E-state index in [1.165, 1.54) is 0 Å². The molecule has 7 heteroatoms. The minimum atomic E-state index is -0.212. The number of amides is 1. The average molecular weight is 329 g/mol. The number of aromatic nitrogens is 1. The first kappa shape index (κ1) is 16.5. The van der Waals surface area contributed by atoms with Gasteiger partial charge in [0.25, 0.3) is 0 Å². The van der Waals surface area contributed by atoms with E-state index in [2.05, 4.69) is 29.8 Å². The summed E-state index contributed by atoms with van der Waals surface area (Å²) in [6.07, 6.45) is 1.26. The van der Waals surface area contributed by atoms with Crippen LogP contribution in [0.2, 0.25) is 0 Å². The van der Waals surface area contributed by atoms with Crippen molar-refractivity contribution in [2.75, 3.05) is 44.2 Å². The molecular formula is C17H23N5O2. The molecule has 128 valence electrons. The van der Waals surface area contributed by atoms with E-state index in [-0.39, 0.29) is 12.2 Å². The fourth-order valence-corrected chi connectivity index (χ4v) is 2.98. The van der Waals surface area contributed by atoms with Gasteiger partial charge in [-0.25, -0.2) is 9.78 Å². The molecule has 0 aromatic carbocycles. The third-order valence-electron chi connectivity index (χ3n) is 4.62. The monoisotopic (exact) mass is 329 g/mol. The Morgan fingerprint density at radius 1 is 1.29 bits per heavy atom. The van der Waals surface area contributed by atoms with E-state index >= 15 is 0 Å². The maximum atomic E-state index is 12.2. The molecule has 3 rings (SSSR count). The number of nitrogens with zero attached hydrogens (tertiary/aromatic N) is 5. The van der Waals surface area contributed by atoms with Gasteiger partial charge >= 0.3 is 6.09 Å². The first-order valence-corrected chi connectivity index (χ1v) is 8.37. The van der Waals surface area contributed by atoms with Crippen LogP contribution in [0.5, 0.6) is 0 Å². The largest absolute Gasteiger partial charge is 0.442 e. The van der Waals surface area contributed by atoms with Crippen LogP contribution >= 0.6 is 0 Å². The maximum Gasteiger partial charge on any atom is 0.410 e. The first-order chi connectivity index (χ1) is 11.6. The molecule has 2 aliphatic heterocycles. The Morgan fingerprint density at radius 3 is 2.54 bits per heavy atom. The van der Waals surface area contributed by atoms with Gasteiger partial charge in [-0.15, -0.1) is 0 Å². The summed E-state index contributed by atoms with van der Waals surface area (Å²) in [6, 6.07) is 6.14. The van der Waals surface area contributed by atoms with Crippen LogP contribution in [0.3, 0.4) is 0 Å². The zero-order valence-electron chi connectivity index (χ0n) is 14.2. The number of hydrogen-bond acceptors (Lipinski definition) is 6. The molecule has 2 saturated heterocycles. The standard InChI is InChI=1S/C17H23N5O2/c1-13(2)20-5-7-21(8-6-20)17(23)24-15-11-22(12-15)16-4-3-14(9-18)10-19-16/h3-4,10,13,15H,5-8,11-12H2,1-2H3. The van der Waals surface area contributed by atoms with Crippen molar-refractivity contribution >= 4 is 11.9 Å². The SMILES string of the molecule is CC(C)N1CCN(C(=O)OC2CN(c3ccc(C#N)cn3)C2)CC1. The first-order valence-electron chi connectivity index (χ1n) is 8.37. The number of ether oxygens (including phenoxy) is 1. The van der Waals surface area contributed by atoms with E-state index in [9.17, 15) is 4.79 Å². The highest BCUT2D eigenvalue weighted by molar-refractivity contribution is 5.68. The second-order valence-corrected chi connectivity index (χ2v) is 6.54. The van der Waals surface area contributed by atoms with Crippen LogP contribution in [0.4, 0.5) is 10.6 Å². The number of nitriles is 1. The molecule has 0 saturated carbocycles. The molecule has 0 N–H and O–H groups in total. The Hall–Kier alpha value is -2.33. The molecule has 2 aliphatic rings. The fourth-order valence-electron chi connectivity index (χ4n) is 2.98. The lowest BCUT2D eigenvalue weighted by atomic mass is 10.1. The number of pyridine rings is 1. The number of rotatable bonds is 3. The van der Waals surface area contributed by atoms with Crippen molar-refractivity contribution < 1.29 is 9.53 Å². The Bertz CT molecular complexity index is 611. The van der Waals surface area contributed by atoms with Crippen LogP contribution in [-0.4, -0.2) is 72.3 Å². The molecule has 7 nitrogen and oxygen atoms in total. The van der Waals surface area contributed by atoms with Crippen molar-refractivity contribution in [1.29, 1.82) is 5.26 Å². The van der Waals surface area contributed by atoms with E-state index < -0.39 is 0 Å². The highest BCUT2D eigenvalue weighted by Gasteiger charge is 2.33. The molecule has 24 heavy (non-hydrogen) atoms. The molecule has 2 fully saturated rings. The third kappa shape index (κ3) is 3.60. The topological polar surface area (TPSA) is 72.7 Å². The summed E-state index contributed by atoms with van der Waals surface area (Å²) in [5.74, 6) is 0.812. The minimum Gasteiger partial charge on any atom is -0.442 e. The Morgan fingerprint density at radius 2 is 2.00 bits per heavy atom. The molecule has 0 unspecified atom stereocenters. The van der Waals surface area contributed by atoms with Gasteiger partial charge in [-0.3, -0.25) is 4.90 Å². The van der Waals surface area contributed by atoms with Gasteiger partial charge in [0.2, 0.25) is 0 Å². The Labute approximate surface area is 142 Å². The van der Waals surface area contributed by atoms with Gasteiger partial charge in [0, 0.05) is 38.4 Å². The van der Waals surface area contributed by atoms with Crippen LogP contribution in [0, 0.1) is 11.3 Å². The number of anilines is 1. The van der Waals surface area contributed by atoms with E-state index in [1.54, 1.807) is 17.2 Å². The lowest BCUT2D eigenvalue weighted by Crippen LogP contribution is -2.56. The van der Waals surface area contributed by atoms with Crippen LogP contribution in [0.15, 0.2) is 18.3 Å². The summed E-state index contributed by atoms with van der Waals surface area (Å²) in [7, 11) is 0. The number of hydrogen-bond donors (Lipinski definition) is 0. The normalized spacial score (nSPS) is 19.1. The number of carbonyl (C=O) groups is 1. The second kappa shape index (κ2) is 7.05. The fraction of sp³-hybridized carbons (Fsp3) is 0.588. The number of piperazine rings is 1. The van der Waals surface area contributed by atoms with E-state index in [4.69, 9.17) is 10.00 Å². The maximum absolute atomic E-state index is 12.2. The summed E-state index contributed by atoms with van der Waals surface area (Å²) in [5, 5.41) is 8.78. The van der Waals surface area contributed by atoms with Crippen molar-refractivity contribution in [3.05, 3.63) is 23.9 Å². The van der Waals surface area contributed by atoms with Gasteiger partial charge in [0.05, 0.1) is 18.7 Å². The summed E-state index contributed by atoms with van der Waals surface area (Å²) in [5.41, 5.74) is 0.544. The van der Waals surface area contributed by atoms with Gasteiger partial charge in [0.15, 0.2) is 0 Å². The zero-order valence-corrected chi connectivity index (χ0v) is 14.2. The predicted molar refractivity (Wildman–Crippen MR) is 89.7 cm³/mol. The van der Waals surface area contributed by atoms with Crippen molar-refractivity contribution in [1.82, 2.24) is 14.8 Å².